The van der Waals surface area contributed by atoms with E-state index >= 15 is 0 Å². The lowest BCUT2D eigenvalue weighted by atomic mass is 10.2. The summed E-state index contributed by atoms with van der Waals surface area (Å²) in [5.41, 5.74) is 0.0312. The maximum absolute atomic E-state index is 13.5. The van der Waals surface area contributed by atoms with Crippen molar-refractivity contribution in [2.45, 2.75) is 4.90 Å². The first-order chi connectivity index (χ1) is 11.0. The van der Waals surface area contributed by atoms with E-state index in [-0.39, 0.29) is 17.1 Å². The van der Waals surface area contributed by atoms with Gasteiger partial charge in [-0.3, -0.25) is 14.9 Å². The number of carbonyl (C=O) groups excluding carboxylic acids is 1. The number of ether oxygens (including phenoxy) is 1. The molecule has 2 aromatic rings. The number of nitrogens with one attached hydrogen (secondary N) is 1. The molecule has 1 amide bonds. The molecule has 0 saturated heterocycles. The average Bonchev–Trinajstić information content (AvgIpc) is 2.54. The molecule has 0 aromatic heterocycles. The second kappa shape index (κ2) is 7.59. The van der Waals surface area contributed by atoms with Gasteiger partial charge in [-0.05, 0) is 18.2 Å². The third-order valence-electron chi connectivity index (χ3n) is 2.86. The van der Waals surface area contributed by atoms with Crippen LogP contribution in [0.1, 0.15) is 0 Å². The number of methoxy groups -OCH3 is 1. The van der Waals surface area contributed by atoms with E-state index in [9.17, 15) is 19.3 Å². The molecule has 8 heteroatoms. The quantitative estimate of drug-likeness (QED) is 0.496. The molecule has 23 heavy (non-hydrogen) atoms. The number of benzene rings is 2. The second-order valence-corrected chi connectivity index (χ2v) is 5.43. The Hall–Kier alpha value is -2.61. The van der Waals surface area contributed by atoms with Crippen LogP contribution < -0.4 is 10.1 Å². The minimum Gasteiger partial charge on any atom is -0.495 e. The minimum atomic E-state index is -0.566. The molecule has 0 aliphatic rings. The third-order valence-corrected chi connectivity index (χ3v) is 3.91. The summed E-state index contributed by atoms with van der Waals surface area (Å²) >= 11 is 1.04. The van der Waals surface area contributed by atoms with Gasteiger partial charge in [-0.15, -0.1) is 11.8 Å². The van der Waals surface area contributed by atoms with Gasteiger partial charge in [0.2, 0.25) is 5.91 Å². The van der Waals surface area contributed by atoms with Gasteiger partial charge >= 0.3 is 0 Å². The molecule has 0 atom stereocenters. The molecule has 2 rings (SSSR count). The van der Waals surface area contributed by atoms with E-state index in [4.69, 9.17) is 4.74 Å². The fourth-order valence-corrected chi connectivity index (χ4v) is 2.54. The molecule has 0 heterocycles. The van der Waals surface area contributed by atoms with Gasteiger partial charge < -0.3 is 10.1 Å². The molecule has 1 N–H and O–H groups in total. The fraction of sp³-hybridized carbons (Fsp3) is 0.133. The first-order valence-electron chi connectivity index (χ1n) is 6.51. The monoisotopic (exact) mass is 336 g/mol. The number of anilines is 1. The van der Waals surface area contributed by atoms with Crippen LogP contribution in [0.25, 0.3) is 0 Å². The van der Waals surface area contributed by atoms with Crippen LogP contribution in [0.3, 0.4) is 0 Å². The Balaban J connectivity index is 2.06. The van der Waals surface area contributed by atoms with Crippen molar-refractivity contribution in [3.63, 3.8) is 0 Å². The van der Waals surface area contributed by atoms with Gasteiger partial charge in [0.15, 0.2) is 0 Å². The normalized spacial score (nSPS) is 10.2. The minimum absolute atomic E-state index is 0.0349. The summed E-state index contributed by atoms with van der Waals surface area (Å²) in [6.07, 6.45) is 0. The highest BCUT2D eigenvalue weighted by Gasteiger charge is 2.14. The standard InChI is InChI=1S/C15H13FN2O4S/c1-22-13-7-6-10(18(20)21)8-12(13)17-15(19)9-23-14-5-3-2-4-11(14)16/h2-8H,9H2,1H3,(H,17,19). The largest absolute Gasteiger partial charge is 0.495 e. The van der Waals surface area contributed by atoms with Gasteiger partial charge in [0, 0.05) is 17.0 Å². The first-order valence-corrected chi connectivity index (χ1v) is 7.49. The van der Waals surface area contributed by atoms with Gasteiger partial charge in [0.25, 0.3) is 5.69 Å². The first kappa shape index (κ1) is 16.8. The summed E-state index contributed by atoms with van der Waals surface area (Å²) in [7, 11) is 1.39. The molecule has 120 valence electrons. The number of nitrogens with zero attached hydrogens (tertiary/aromatic N) is 1. The Kier molecular flexibility index (Phi) is 5.53. The molecular formula is C15H13FN2O4S. The highest BCUT2D eigenvalue weighted by atomic mass is 32.2. The number of hydrogen-bond acceptors (Lipinski definition) is 5. The van der Waals surface area contributed by atoms with Gasteiger partial charge in [-0.2, -0.15) is 0 Å². The number of hydrogen-bond donors (Lipinski definition) is 1. The number of nitro benzene ring substituents is 1. The molecule has 0 fully saturated rings. The van der Waals surface area contributed by atoms with Crippen LogP contribution in [-0.2, 0) is 4.79 Å². The van der Waals surface area contributed by atoms with E-state index in [1.807, 2.05) is 0 Å². The fourth-order valence-electron chi connectivity index (χ4n) is 1.80. The van der Waals surface area contributed by atoms with Crippen molar-refractivity contribution in [2.75, 3.05) is 18.2 Å². The van der Waals surface area contributed by atoms with E-state index < -0.39 is 16.6 Å². The molecule has 0 aliphatic carbocycles. The Bertz CT molecular complexity index is 739. The zero-order valence-corrected chi connectivity index (χ0v) is 12.9. The number of thioether (sulfide) groups is 1. The maximum atomic E-state index is 13.5. The number of halogens is 1. The summed E-state index contributed by atoms with van der Waals surface area (Å²) in [6, 6.07) is 10.0. The van der Waals surface area contributed by atoms with Crippen LogP contribution in [0.5, 0.6) is 5.75 Å². The predicted molar refractivity (Wildman–Crippen MR) is 85.4 cm³/mol. The number of carbonyl (C=O) groups is 1. The number of rotatable bonds is 6. The SMILES string of the molecule is COc1ccc([N+](=O)[O-])cc1NC(=O)CSc1ccccc1F. The van der Waals surface area contributed by atoms with Crippen molar-refractivity contribution >= 4 is 29.0 Å². The molecule has 0 aliphatic heterocycles. The Morgan fingerprint density at radius 2 is 2.09 bits per heavy atom. The lowest BCUT2D eigenvalue weighted by molar-refractivity contribution is -0.384. The summed E-state index contributed by atoms with van der Waals surface area (Å²) in [6.45, 7) is 0. The van der Waals surface area contributed by atoms with E-state index in [1.54, 1.807) is 18.2 Å². The summed E-state index contributed by atoms with van der Waals surface area (Å²) in [5, 5.41) is 13.3. The van der Waals surface area contributed by atoms with E-state index in [1.165, 1.54) is 31.4 Å². The Labute approximate surface area is 135 Å². The smallest absolute Gasteiger partial charge is 0.271 e. The van der Waals surface area contributed by atoms with Crippen LogP contribution in [-0.4, -0.2) is 23.7 Å². The van der Waals surface area contributed by atoms with Crippen molar-refractivity contribution in [2.24, 2.45) is 0 Å². The van der Waals surface area contributed by atoms with Crippen molar-refractivity contribution in [1.82, 2.24) is 0 Å². The molecule has 0 bridgehead atoms. The Morgan fingerprint density at radius 3 is 2.74 bits per heavy atom. The van der Waals surface area contributed by atoms with Crippen molar-refractivity contribution < 1.29 is 18.8 Å². The van der Waals surface area contributed by atoms with Gasteiger partial charge in [-0.25, -0.2) is 4.39 Å². The van der Waals surface area contributed by atoms with E-state index in [2.05, 4.69) is 5.32 Å². The summed E-state index contributed by atoms with van der Waals surface area (Å²) < 4.78 is 18.5. The third kappa shape index (κ3) is 4.43. The maximum Gasteiger partial charge on any atom is 0.271 e. The molecule has 2 aromatic carbocycles. The summed E-state index contributed by atoms with van der Waals surface area (Å²) in [4.78, 5) is 22.5. The van der Waals surface area contributed by atoms with Gasteiger partial charge in [0.05, 0.1) is 23.5 Å². The lowest BCUT2D eigenvalue weighted by Crippen LogP contribution is -2.15. The molecule has 0 spiro atoms. The highest BCUT2D eigenvalue weighted by Crippen LogP contribution is 2.29. The van der Waals surface area contributed by atoms with Gasteiger partial charge in [-0.1, -0.05) is 12.1 Å². The number of non-ortho nitro benzene ring substituents is 1. The lowest BCUT2D eigenvalue weighted by Gasteiger charge is -2.10. The van der Waals surface area contributed by atoms with Gasteiger partial charge in [0.1, 0.15) is 11.6 Å². The average molecular weight is 336 g/mol. The molecule has 0 unspecified atom stereocenters. The van der Waals surface area contributed by atoms with Crippen LogP contribution >= 0.6 is 11.8 Å². The van der Waals surface area contributed by atoms with Crippen LogP contribution in [0, 0.1) is 15.9 Å². The van der Waals surface area contributed by atoms with Crippen molar-refractivity contribution in [1.29, 1.82) is 0 Å². The van der Waals surface area contributed by atoms with E-state index in [0.29, 0.717) is 10.6 Å². The molecular weight excluding hydrogens is 323 g/mol. The highest BCUT2D eigenvalue weighted by molar-refractivity contribution is 8.00. The second-order valence-electron chi connectivity index (χ2n) is 4.41. The van der Waals surface area contributed by atoms with E-state index in [0.717, 1.165) is 11.8 Å². The topological polar surface area (TPSA) is 81.5 Å². The van der Waals surface area contributed by atoms with Crippen LogP contribution in [0.4, 0.5) is 15.8 Å². The van der Waals surface area contributed by atoms with Crippen LogP contribution in [0.15, 0.2) is 47.4 Å². The predicted octanol–water partition coefficient (Wildman–Crippen LogP) is 3.47. The Morgan fingerprint density at radius 1 is 1.35 bits per heavy atom. The molecule has 0 radical (unpaired) electrons. The molecule has 6 nitrogen and oxygen atoms in total. The summed E-state index contributed by atoms with van der Waals surface area (Å²) in [5.74, 6) is -0.553. The van der Waals surface area contributed by atoms with Crippen molar-refractivity contribution in [3.05, 3.63) is 58.4 Å². The van der Waals surface area contributed by atoms with Crippen molar-refractivity contribution in [3.8, 4) is 5.75 Å². The number of nitro groups is 1. The van der Waals surface area contributed by atoms with Crippen LogP contribution in [0.2, 0.25) is 0 Å². The number of amides is 1. The zero-order chi connectivity index (χ0) is 16.8. The molecule has 0 saturated carbocycles. The zero-order valence-electron chi connectivity index (χ0n) is 12.1.